The predicted octanol–water partition coefficient (Wildman–Crippen LogP) is 0.751. The molecule has 0 bridgehead atoms. The lowest BCUT2D eigenvalue weighted by Gasteiger charge is -2.46. The Morgan fingerprint density at radius 2 is 2.00 bits per heavy atom. The fraction of sp³-hybridized carbons (Fsp3) is 0.786. The van der Waals surface area contributed by atoms with Crippen molar-refractivity contribution in [3.63, 3.8) is 0 Å². The molecule has 0 saturated carbocycles. The van der Waals surface area contributed by atoms with Crippen LogP contribution in [-0.4, -0.2) is 46.7 Å². The molecule has 0 aliphatic carbocycles. The fourth-order valence-corrected chi connectivity index (χ4v) is 2.30. The molecular formula is C14H24N2O2. The highest BCUT2D eigenvalue weighted by atomic mass is 16.3. The van der Waals surface area contributed by atoms with E-state index in [2.05, 4.69) is 11.2 Å². The number of hydrogen-bond donors (Lipinski definition) is 2. The van der Waals surface area contributed by atoms with Gasteiger partial charge in [-0.2, -0.15) is 0 Å². The van der Waals surface area contributed by atoms with Crippen molar-refractivity contribution < 1.29 is 9.90 Å². The van der Waals surface area contributed by atoms with Gasteiger partial charge in [-0.05, 0) is 19.3 Å². The maximum atomic E-state index is 11.9. The van der Waals surface area contributed by atoms with Gasteiger partial charge >= 0.3 is 0 Å². The lowest BCUT2D eigenvalue weighted by atomic mass is 9.91. The van der Waals surface area contributed by atoms with Crippen molar-refractivity contribution in [1.82, 2.24) is 10.2 Å². The molecule has 1 aliphatic heterocycles. The molecule has 18 heavy (non-hydrogen) atoms. The molecule has 1 rings (SSSR count). The van der Waals surface area contributed by atoms with Gasteiger partial charge in [0.25, 0.3) is 0 Å². The standard InChI is InChI=1S/C14H24N2O2/c1-5-13(6-2,7-3)15-12(17)9-16-10-14(18,8-4)11-16/h1,18H,6-11H2,2-4H3,(H,15,17). The lowest BCUT2D eigenvalue weighted by Crippen LogP contribution is -2.63. The molecule has 1 fully saturated rings. The van der Waals surface area contributed by atoms with Crippen molar-refractivity contribution in [2.24, 2.45) is 0 Å². The van der Waals surface area contributed by atoms with Gasteiger partial charge < -0.3 is 10.4 Å². The number of hydrogen-bond acceptors (Lipinski definition) is 3. The van der Waals surface area contributed by atoms with Crippen LogP contribution in [0.15, 0.2) is 0 Å². The van der Waals surface area contributed by atoms with Crippen LogP contribution < -0.4 is 5.32 Å². The summed E-state index contributed by atoms with van der Waals surface area (Å²) in [6, 6.07) is 0. The van der Waals surface area contributed by atoms with Crippen LogP contribution in [0.2, 0.25) is 0 Å². The molecule has 0 radical (unpaired) electrons. The van der Waals surface area contributed by atoms with Gasteiger partial charge in [-0.15, -0.1) is 6.42 Å². The number of carbonyl (C=O) groups excluding carboxylic acids is 1. The zero-order valence-electron chi connectivity index (χ0n) is 11.6. The van der Waals surface area contributed by atoms with Crippen molar-refractivity contribution in [3.8, 4) is 12.3 Å². The summed E-state index contributed by atoms with van der Waals surface area (Å²) in [5.74, 6) is 2.62. The number of rotatable bonds is 6. The van der Waals surface area contributed by atoms with E-state index in [0.29, 0.717) is 19.6 Å². The van der Waals surface area contributed by atoms with Gasteiger partial charge in [0.2, 0.25) is 5.91 Å². The minimum absolute atomic E-state index is 0.0604. The molecular weight excluding hydrogens is 228 g/mol. The number of β-amino-alcohol motifs (C(OH)–C–C–N with tert-alkyl or cyclic N) is 1. The highest BCUT2D eigenvalue weighted by Gasteiger charge is 2.40. The van der Waals surface area contributed by atoms with E-state index in [1.54, 1.807) is 0 Å². The predicted molar refractivity (Wildman–Crippen MR) is 72.0 cm³/mol. The molecule has 1 aliphatic rings. The van der Waals surface area contributed by atoms with Crippen molar-refractivity contribution in [3.05, 3.63) is 0 Å². The minimum Gasteiger partial charge on any atom is -0.387 e. The van der Waals surface area contributed by atoms with E-state index in [1.165, 1.54) is 0 Å². The number of aliphatic hydroxyl groups is 1. The van der Waals surface area contributed by atoms with E-state index in [9.17, 15) is 9.90 Å². The number of likely N-dealkylation sites (tertiary alicyclic amines) is 1. The topological polar surface area (TPSA) is 52.6 Å². The minimum atomic E-state index is -0.598. The molecule has 0 aromatic heterocycles. The van der Waals surface area contributed by atoms with Crippen molar-refractivity contribution >= 4 is 5.91 Å². The monoisotopic (exact) mass is 252 g/mol. The zero-order chi connectivity index (χ0) is 13.8. The smallest absolute Gasteiger partial charge is 0.235 e. The van der Waals surface area contributed by atoms with Gasteiger partial charge in [-0.1, -0.05) is 26.7 Å². The maximum Gasteiger partial charge on any atom is 0.235 e. The van der Waals surface area contributed by atoms with Crippen LogP contribution in [0.4, 0.5) is 0 Å². The van der Waals surface area contributed by atoms with Crippen LogP contribution in [0.5, 0.6) is 0 Å². The molecule has 1 saturated heterocycles. The van der Waals surface area contributed by atoms with Crippen molar-refractivity contribution in [2.45, 2.75) is 51.2 Å². The molecule has 4 heteroatoms. The Balaban J connectivity index is 2.42. The Labute approximate surface area is 110 Å². The largest absolute Gasteiger partial charge is 0.387 e. The Kier molecular flexibility index (Phi) is 4.78. The van der Waals surface area contributed by atoms with Crippen LogP contribution in [-0.2, 0) is 4.79 Å². The average molecular weight is 252 g/mol. The van der Waals surface area contributed by atoms with Gasteiger partial charge in [0, 0.05) is 13.1 Å². The third kappa shape index (κ3) is 3.24. The Morgan fingerprint density at radius 1 is 1.44 bits per heavy atom. The van der Waals surface area contributed by atoms with Crippen LogP contribution in [0.25, 0.3) is 0 Å². The van der Waals surface area contributed by atoms with E-state index in [0.717, 1.165) is 19.3 Å². The summed E-state index contributed by atoms with van der Waals surface area (Å²) in [5.41, 5.74) is -1.12. The third-order valence-electron chi connectivity index (χ3n) is 3.92. The molecule has 0 aromatic carbocycles. The summed E-state index contributed by atoms with van der Waals surface area (Å²) in [5, 5.41) is 12.8. The highest BCUT2D eigenvalue weighted by molar-refractivity contribution is 5.79. The Bertz CT molecular complexity index is 336. The second kappa shape index (κ2) is 5.73. The fourth-order valence-electron chi connectivity index (χ4n) is 2.30. The number of nitrogens with zero attached hydrogens (tertiary/aromatic N) is 1. The number of amides is 1. The Morgan fingerprint density at radius 3 is 2.39 bits per heavy atom. The third-order valence-corrected chi connectivity index (χ3v) is 3.92. The first-order chi connectivity index (χ1) is 8.42. The molecule has 102 valence electrons. The normalized spacial score (nSPS) is 18.8. The van der Waals surface area contributed by atoms with Gasteiger partial charge in [-0.25, -0.2) is 0 Å². The molecule has 0 unspecified atom stereocenters. The van der Waals surface area contributed by atoms with Crippen molar-refractivity contribution in [2.75, 3.05) is 19.6 Å². The highest BCUT2D eigenvalue weighted by Crippen LogP contribution is 2.23. The first kappa shape index (κ1) is 15.0. The Hall–Kier alpha value is -1.05. The summed E-state index contributed by atoms with van der Waals surface area (Å²) < 4.78 is 0. The first-order valence-electron chi connectivity index (χ1n) is 6.66. The van der Waals surface area contributed by atoms with Crippen LogP contribution in [0, 0.1) is 12.3 Å². The number of terminal acetylenes is 1. The molecule has 0 spiro atoms. The average Bonchev–Trinajstić information content (AvgIpc) is 2.34. The van der Waals surface area contributed by atoms with E-state index < -0.39 is 11.1 Å². The SMILES string of the molecule is C#CC(CC)(CC)NC(=O)CN1CC(O)(CC)C1. The number of carbonyl (C=O) groups is 1. The molecule has 0 aromatic rings. The molecule has 1 amide bonds. The van der Waals surface area contributed by atoms with Gasteiger partial charge in [0.15, 0.2) is 0 Å². The summed E-state index contributed by atoms with van der Waals surface area (Å²) in [6.07, 6.45) is 7.68. The molecule has 1 heterocycles. The second-order valence-electron chi connectivity index (χ2n) is 5.20. The first-order valence-corrected chi connectivity index (χ1v) is 6.66. The van der Waals surface area contributed by atoms with E-state index in [1.807, 2.05) is 25.7 Å². The quantitative estimate of drug-likeness (QED) is 0.686. The van der Waals surface area contributed by atoms with E-state index in [-0.39, 0.29) is 5.91 Å². The van der Waals surface area contributed by atoms with Crippen LogP contribution >= 0.6 is 0 Å². The summed E-state index contributed by atoms with van der Waals surface area (Å²) in [7, 11) is 0. The van der Waals surface area contributed by atoms with E-state index in [4.69, 9.17) is 6.42 Å². The van der Waals surface area contributed by atoms with Crippen LogP contribution in [0.3, 0.4) is 0 Å². The molecule has 0 atom stereocenters. The van der Waals surface area contributed by atoms with Crippen molar-refractivity contribution in [1.29, 1.82) is 0 Å². The van der Waals surface area contributed by atoms with Crippen LogP contribution in [0.1, 0.15) is 40.0 Å². The second-order valence-corrected chi connectivity index (χ2v) is 5.20. The lowest BCUT2D eigenvalue weighted by molar-refractivity contribution is -0.134. The maximum absolute atomic E-state index is 11.9. The summed E-state index contributed by atoms with van der Waals surface area (Å²) in [4.78, 5) is 13.8. The summed E-state index contributed by atoms with van der Waals surface area (Å²) >= 11 is 0. The summed E-state index contributed by atoms with van der Waals surface area (Å²) in [6.45, 7) is 7.35. The van der Waals surface area contributed by atoms with Gasteiger partial charge in [-0.3, -0.25) is 9.69 Å². The van der Waals surface area contributed by atoms with Gasteiger partial charge in [0.1, 0.15) is 5.54 Å². The molecule has 4 nitrogen and oxygen atoms in total. The zero-order valence-corrected chi connectivity index (χ0v) is 11.6. The van der Waals surface area contributed by atoms with E-state index >= 15 is 0 Å². The number of nitrogens with one attached hydrogen (secondary N) is 1. The molecule has 2 N–H and O–H groups in total. The van der Waals surface area contributed by atoms with Gasteiger partial charge in [0.05, 0.1) is 12.1 Å².